The summed E-state index contributed by atoms with van der Waals surface area (Å²) >= 11 is 18.6. The summed E-state index contributed by atoms with van der Waals surface area (Å²) in [4.78, 5) is 0. The van der Waals surface area contributed by atoms with Gasteiger partial charge in [-0.15, -0.1) is 0 Å². The van der Waals surface area contributed by atoms with Crippen LogP contribution in [0.25, 0.3) is 0 Å². The van der Waals surface area contributed by atoms with Gasteiger partial charge in [0.2, 0.25) is 3.79 Å². The Morgan fingerprint density at radius 1 is 1.00 bits per heavy atom. The molecule has 0 N–H and O–H groups in total. The molecule has 0 radical (unpaired) electrons. The van der Waals surface area contributed by atoms with Crippen LogP contribution in [0.1, 0.15) is 0 Å². The van der Waals surface area contributed by atoms with Gasteiger partial charge in [-0.2, -0.15) is 14.0 Å². The summed E-state index contributed by atoms with van der Waals surface area (Å²) in [7, 11) is 0. The van der Waals surface area contributed by atoms with Crippen LogP contribution in [0.15, 0.2) is 0 Å². The van der Waals surface area contributed by atoms with E-state index in [2.05, 4.69) is 11.6 Å². The maximum absolute atomic E-state index is 12.9. The van der Waals surface area contributed by atoms with Gasteiger partial charge in [0.05, 0.1) is 0 Å². The third-order valence-electron chi connectivity index (χ3n) is 0.935. The Hall–Kier alpha value is 0.440. The van der Waals surface area contributed by atoms with Gasteiger partial charge in [0.1, 0.15) is 6.07 Å². The summed E-state index contributed by atoms with van der Waals surface area (Å²) in [6.07, 6.45) is 0. The van der Waals surface area contributed by atoms with Gasteiger partial charge >= 0.3 is 11.1 Å². The molecule has 0 aromatic heterocycles. The summed E-state index contributed by atoms with van der Waals surface area (Å²) in [5, 5.41) is 3.45. The number of halogens is 7. The first-order chi connectivity index (χ1) is 5.06. The SMILES string of the molecule is N#CC(F)(C(F)(F)Cl)C(Cl)(Cl)Cl. The lowest BCUT2D eigenvalue weighted by molar-refractivity contribution is -0.0342. The topological polar surface area (TPSA) is 23.8 Å². The molecule has 0 aromatic rings. The summed E-state index contributed by atoms with van der Waals surface area (Å²) in [5.74, 6) is 0. The van der Waals surface area contributed by atoms with E-state index in [0.29, 0.717) is 6.07 Å². The molecule has 0 saturated heterocycles. The van der Waals surface area contributed by atoms with Crippen LogP contribution in [0, 0.1) is 11.3 Å². The molecule has 1 nitrogen and oxygen atoms in total. The molecular weight excluding hydrogens is 261 g/mol. The van der Waals surface area contributed by atoms with Crippen molar-refractivity contribution in [3.8, 4) is 6.07 Å². The molecule has 70 valence electrons. The number of alkyl halides is 7. The lowest BCUT2D eigenvalue weighted by Gasteiger charge is -2.28. The van der Waals surface area contributed by atoms with Crippen molar-refractivity contribution >= 4 is 46.4 Å². The average Bonchev–Trinajstić information content (AvgIpc) is 1.81. The second kappa shape index (κ2) is 3.30. The Kier molecular flexibility index (Phi) is 3.42. The lowest BCUT2D eigenvalue weighted by Crippen LogP contribution is -2.49. The first-order valence-electron chi connectivity index (χ1n) is 2.30. The van der Waals surface area contributed by atoms with Crippen molar-refractivity contribution in [1.82, 2.24) is 0 Å². The van der Waals surface area contributed by atoms with Crippen molar-refractivity contribution in [1.29, 1.82) is 5.26 Å². The first-order valence-corrected chi connectivity index (χ1v) is 3.81. The molecular formula is C4Cl4F3N. The average molecular weight is 261 g/mol. The number of rotatable bonds is 1. The molecule has 1 unspecified atom stereocenters. The number of hydrogen-bond acceptors (Lipinski definition) is 1. The van der Waals surface area contributed by atoms with Crippen LogP contribution in [0.4, 0.5) is 13.2 Å². The predicted octanol–water partition coefficient (Wildman–Crippen LogP) is 3.42. The number of hydrogen-bond donors (Lipinski definition) is 0. The number of nitrogens with zero attached hydrogens (tertiary/aromatic N) is 1. The molecule has 0 amide bonds. The maximum Gasteiger partial charge on any atom is 0.372 e. The van der Waals surface area contributed by atoms with E-state index in [1.807, 2.05) is 0 Å². The van der Waals surface area contributed by atoms with Crippen molar-refractivity contribution in [3.05, 3.63) is 0 Å². The Morgan fingerprint density at radius 2 is 1.33 bits per heavy atom. The molecule has 12 heavy (non-hydrogen) atoms. The minimum atomic E-state index is -4.56. The van der Waals surface area contributed by atoms with Gasteiger partial charge in [-0.3, -0.25) is 0 Å². The molecule has 0 spiro atoms. The fraction of sp³-hybridized carbons (Fsp3) is 0.750. The largest absolute Gasteiger partial charge is 0.372 e. The highest BCUT2D eigenvalue weighted by Crippen LogP contribution is 2.50. The molecule has 0 aliphatic heterocycles. The highest BCUT2D eigenvalue weighted by molar-refractivity contribution is 6.69. The normalized spacial score (nSPS) is 18.2. The van der Waals surface area contributed by atoms with E-state index in [9.17, 15) is 13.2 Å². The van der Waals surface area contributed by atoms with Crippen molar-refractivity contribution in [2.75, 3.05) is 0 Å². The van der Waals surface area contributed by atoms with Crippen LogP contribution in [-0.2, 0) is 0 Å². The van der Waals surface area contributed by atoms with Gasteiger partial charge in [0.25, 0.3) is 0 Å². The van der Waals surface area contributed by atoms with Crippen LogP contribution in [0.2, 0.25) is 0 Å². The zero-order chi connectivity index (χ0) is 10.2. The van der Waals surface area contributed by atoms with E-state index in [-0.39, 0.29) is 0 Å². The molecule has 0 fully saturated rings. The molecule has 0 bridgehead atoms. The second-order valence-electron chi connectivity index (χ2n) is 1.77. The van der Waals surface area contributed by atoms with Crippen molar-refractivity contribution in [3.63, 3.8) is 0 Å². The van der Waals surface area contributed by atoms with Crippen LogP contribution < -0.4 is 0 Å². The zero-order valence-electron chi connectivity index (χ0n) is 5.09. The van der Waals surface area contributed by atoms with Crippen LogP contribution in [-0.4, -0.2) is 14.8 Å². The summed E-state index contributed by atoms with van der Waals surface area (Å²) < 4.78 is 34.2. The monoisotopic (exact) mass is 259 g/mol. The molecule has 8 heteroatoms. The molecule has 0 saturated carbocycles. The van der Waals surface area contributed by atoms with Gasteiger partial charge in [-0.25, -0.2) is 4.39 Å². The lowest BCUT2D eigenvalue weighted by atomic mass is 10.1. The molecule has 0 rings (SSSR count). The van der Waals surface area contributed by atoms with E-state index < -0.39 is 14.8 Å². The van der Waals surface area contributed by atoms with Gasteiger partial charge in [0.15, 0.2) is 0 Å². The fourth-order valence-corrected chi connectivity index (χ4v) is 1.10. The van der Waals surface area contributed by atoms with Crippen LogP contribution in [0.3, 0.4) is 0 Å². The Morgan fingerprint density at radius 3 is 1.33 bits per heavy atom. The first kappa shape index (κ1) is 12.4. The van der Waals surface area contributed by atoms with Crippen LogP contribution >= 0.6 is 46.4 Å². The third-order valence-corrected chi connectivity index (χ3v) is 1.98. The zero-order valence-corrected chi connectivity index (χ0v) is 8.12. The highest BCUT2D eigenvalue weighted by Gasteiger charge is 2.67. The minimum absolute atomic E-state index is 0.514. The summed E-state index contributed by atoms with van der Waals surface area (Å²) in [5.41, 5.74) is -4.05. The van der Waals surface area contributed by atoms with Crippen molar-refractivity contribution in [2.24, 2.45) is 0 Å². The molecule has 0 aromatic carbocycles. The number of nitriles is 1. The van der Waals surface area contributed by atoms with E-state index in [1.165, 1.54) is 0 Å². The highest BCUT2D eigenvalue weighted by atomic mass is 35.6. The Bertz CT molecular complexity index is 198. The van der Waals surface area contributed by atoms with Gasteiger partial charge in [0, 0.05) is 0 Å². The second-order valence-corrected chi connectivity index (χ2v) is 4.52. The molecule has 0 heterocycles. The van der Waals surface area contributed by atoms with E-state index in [0.717, 1.165) is 0 Å². The summed E-state index contributed by atoms with van der Waals surface area (Å²) in [6.45, 7) is 0. The fourth-order valence-electron chi connectivity index (χ4n) is 0.287. The van der Waals surface area contributed by atoms with Crippen molar-refractivity contribution in [2.45, 2.75) is 14.8 Å². The van der Waals surface area contributed by atoms with Gasteiger partial charge in [-0.05, 0) is 11.6 Å². The third kappa shape index (κ3) is 2.02. The molecule has 0 aliphatic carbocycles. The standard InChI is InChI=1S/C4Cl4F3N/c5-3(6,7)2(9,1-12)4(8,10)11. The van der Waals surface area contributed by atoms with Gasteiger partial charge in [-0.1, -0.05) is 34.8 Å². The van der Waals surface area contributed by atoms with E-state index >= 15 is 0 Å². The molecule has 0 aliphatic rings. The van der Waals surface area contributed by atoms with E-state index in [4.69, 9.17) is 40.1 Å². The minimum Gasteiger partial charge on any atom is -0.214 e. The quantitative estimate of drug-likeness (QED) is 0.663. The predicted molar refractivity (Wildman–Crippen MR) is 40.5 cm³/mol. The van der Waals surface area contributed by atoms with E-state index in [1.54, 1.807) is 0 Å². The Labute approximate surface area is 85.9 Å². The maximum atomic E-state index is 12.9. The smallest absolute Gasteiger partial charge is 0.214 e. The summed E-state index contributed by atoms with van der Waals surface area (Å²) in [6, 6.07) is 0.514. The Balaban J connectivity index is 5.14. The molecule has 1 atom stereocenters. The van der Waals surface area contributed by atoms with Gasteiger partial charge < -0.3 is 0 Å². The van der Waals surface area contributed by atoms with Crippen LogP contribution in [0.5, 0.6) is 0 Å². The van der Waals surface area contributed by atoms with Crippen molar-refractivity contribution < 1.29 is 13.2 Å².